The minimum atomic E-state index is 0.0448. The number of piperazine rings is 1. The van der Waals surface area contributed by atoms with Gasteiger partial charge in [0.05, 0.1) is 5.39 Å². The molecule has 5 rings (SSSR count). The van der Waals surface area contributed by atoms with Crippen LogP contribution >= 0.6 is 11.3 Å². The molecule has 0 N–H and O–H groups in total. The minimum Gasteiger partial charge on any atom is -0.352 e. The van der Waals surface area contributed by atoms with E-state index in [-0.39, 0.29) is 11.8 Å². The molecular formula is C21H21N5O2S. The van der Waals surface area contributed by atoms with E-state index in [4.69, 9.17) is 0 Å². The fraction of sp³-hybridized carbons (Fsp3) is 0.333. The van der Waals surface area contributed by atoms with Crippen molar-refractivity contribution < 1.29 is 9.59 Å². The predicted molar refractivity (Wildman–Crippen MR) is 114 cm³/mol. The van der Waals surface area contributed by atoms with Gasteiger partial charge in [0.15, 0.2) is 0 Å². The highest BCUT2D eigenvalue weighted by Crippen LogP contribution is 2.30. The summed E-state index contributed by atoms with van der Waals surface area (Å²) in [5.74, 6) is 1.05. The number of nitrogens with zero attached hydrogens (tertiary/aromatic N) is 5. The SMILES string of the molecule is CC(=O)N1CCc2cc(C(=O)N3CCN(c4ncnc5sccc45)CC3)ccc21. The highest BCUT2D eigenvalue weighted by molar-refractivity contribution is 7.16. The van der Waals surface area contributed by atoms with E-state index in [1.165, 1.54) is 0 Å². The van der Waals surface area contributed by atoms with Gasteiger partial charge in [-0.2, -0.15) is 0 Å². The molecule has 29 heavy (non-hydrogen) atoms. The predicted octanol–water partition coefficient (Wildman–Crippen LogP) is 2.56. The van der Waals surface area contributed by atoms with Gasteiger partial charge in [0.25, 0.3) is 5.91 Å². The maximum Gasteiger partial charge on any atom is 0.253 e. The van der Waals surface area contributed by atoms with E-state index in [0.717, 1.165) is 46.8 Å². The molecular weight excluding hydrogens is 386 g/mol. The van der Waals surface area contributed by atoms with Crippen LogP contribution in [0.3, 0.4) is 0 Å². The Balaban J connectivity index is 1.30. The fourth-order valence-corrected chi connectivity index (χ4v) is 4.92. The summed E-state index contributed by atoms with van der Waals surface area (Å²) in [5.41, 5.74) is 2.71. The molecule has 2 aliphatic rings. The van der Waals surface area contributed by atoms with Crippen molar-refractivity contribution in [2.75, 3.05) is 42.5 Å². The molecule has 7 nitrogen and oxygen atoms in total. The molecule has 1 fully saturated rings. The van der Waals surface area contributed by atoms with Crippen molar-refractivity contribution in [3.63, 3.8) is 0 Å². The largest absolute Gasteiger partial charge is 0.352 e. The highest BCUT2D eigenvalue weighted by atomic mass is 32.1. The number of benzene rings is 1. The number of carbonyl (C=O) groups excluding carboxylic acids is 2. The van der Waals surface area contributed by atoms with Gasteiger partial charge in [-0.25, -0.2) is 9.97 Å². The lowest BCUT2D eigenvalue weighted by Crippen LogP contribution is -2.49. The number of hydrogen-bond donors (Lipinski definition) is 0. The maximum absolute atomic E-state index is 13.0. The summed E-state index contributed by atoms with van der Waals surface area (Å²) in [6, 6.07) is 7.75. The third-order valence-electron chi connectivity index (χ3n) is 5.71. The molecule has 0 bridgehead atoms. The summed E-state index contributed by atoms with van der Waals surface area (Å²) in [6.07, 6.45) is 2.41. The van der Waals surface area contributed by atoms with E-state index < -0.39 is 0 Å². The molecule has 148 valence electrons. The van der Waals surface area contributed by atoms with Crippen LogP contribution in [0.1, 0.15) is 22.8 Å². The van der Waals surface area contributed by atoms with E-state index in [0.29, 0.717) is 25.2 Å². The minimum absolute atomic E-state index is 0.0448. The third kappa shape index (κ3) is 3.13. The lowest BCUT2D eigenvalue weighted by molar-refractivity contribution is -0.116. The Morgan fingerprint density at radius 2 is 1.86 bits per heavy atom. The Bertz CT molecular complexity index is 1100. The first-order valence-corrected chi connectivity index (χ1v) is 10.6. The number of thiophene rings is 1. The van der Waals surface area contributed by atoms with Crippen LogP contribution in [-0.2, 0) is 11.2 Å². The first-order chi connectivity index (χ1) is 14.1. The van der Waals surface area contributed by atoms with Crippen LogP contribution in [0.2, 0.25) is 0 Å². The van der Waals surface area contributed by atoms with Crippen molar-refractivity contribution in [2.45, 2.75) is 13.3 Å². The average Bonchev–Trinajstić information content (AvgIpc) is 3.39. The summed E-state index contributed by atoms with van der Waals surface area (Å²) in [4.78, 5) is 40.4. The van der Waals surface area contributed by atoms with E-state index in [1.54, 1.807) is 29.5 Å². The van der Waals surface area contributed by atoms with E-state index in [2.05, 4.69) is 20.9 Å². The van der Waals surface area contributed by atoms with Gasteiger partial charge in [0, 0.05) is 50.9 Å². The van der Waals surface area contributed by atoms with Gasteiger partial charge >= 0.3 is 0 Å². The van der Waals surface area contributed by atoms with Gasteiger partial charge in [-0.05, 0) is 41.6 Å². The van der Waals surface area contributed by atoms with Crippen LogP contribution in [0, 0.1) is 0 Å². The van der Waals surface area contributed by atoms with Crippen LogP contribution in [0.15, 0.2) is 36.0 Å². The van der Waals surface area contributed by atoms with Crippen molar-refractivity contribution in [3.8, 4) is 0 Å². The summed E-state index contributed by atoms with van der Waals surface area (Å²) in [5, 5.41) is 3.11. The lowest BCUT2D eigenvalue weighted by atomic mass is 10.1. The van der Waals surface area contributed by atoms with Crippen molar-refractivity contribution in [3.05, 3.63) is 47.1 Å². The third-order valence-corrected chi connectivity index (χ3v) is 6.53. The fourth-order valence-electron chi connectivity index (χ4n) is 4.19. The van der Waals surface area contributed by atoms with E-state index >= 15 is 0 Å². The quantitative estimate of drug-likeness (QED) is 0.653. The molecule has 0 unspecified atom stereocenters. The van der Waals surface area contributed by atoms with Gasteiger partial charge in [-0.1, -0.05) is 0 Å². The molecule has 0 radical (unpaired) electrons. The van der Waals surface area contributed by atoms with E-state index in [1.807, 2.05) is 28.5 Å². The molecule has 4 heterocycles. The topological polar surface area (TPSA) is 69.6 Å². The van der Waals surface area contributed by atoms with Crippen molar-refractivity contribution in [1.82, 2.24) is 14.9 Å². The average molecular weight is 407 g/mol. The highest BCUT2D eigenvalue weighted by Gasteiger charge is 2.27. The van der Waals surface area contributed by atoms with Crippen LogP contribution in [0.25, 0.3) is 10.2 Å². The van der Waals surface area contributed by atoms with Gasteiger partial charge in [-0.15, -0.1) is 11.3 Å². The van der Waals surface area contributed by atoms with E-state index in [9.17, 15) is 9.59 Å². The molecule has 2 amide bonds. The molecule has 0 aliphatic carbocycles. The zero-order chi connectivity index (χ0) is 20.0. The molecule has 8 heteroatoms. The first kappa shape index (κ1) is 18.1. The number of carbonyl (C=O) groups is 2. The smallest absolute Gasteiger partial charge is 0.253 e. The Morgan fingerprint density at radius 3 is 2.66 bits per heavy atom. The van der Waals surface area contributed by atoms with Gasteiger partial charge in [-0.3, -0.25) is 9.59 Å². The normalized spacial score (nSPS) is 16.4. The molecule has 2 aliphatic heterocycles. The second-order valence-corrected chi connectivity index (χ2v) is 8.27. The lowest BCUT2D eigenvalue weighted by Gasteiger charge is -2.35. The molecule has 3 aromatic rings. The van der Waals surface area contributed by atoms with Crippen LogP contribution in [0.5, 0.6) is 0 Å². The zero-order valence-corrected chi connectivity index (χ0v) is 17.0. The first-order valence-electron chi connectivity index (χ1n) is 9.75. The second-order valence-electron chi connectivity index (χ2n) is 7.38. The maximum atomic E-state index is 13.0. The number of amides is 2. The monoisotopic (exact) mass is 407 g/mol. The summed E-state index contributed by atoms with van der Waals surface area (Å²) in [6.45, 7) is 5.08. The Hall–Kier alpha value is -3.00. The molecule has 0 spiro atoms. The van der Waals surface area contributed by atoms with Crippen LogP contribution < -0.4 is 9.80 Å². The molecule has 1 saturated heterocycles. The summed E-state index contributed by atoms with van der Waals surface area (Å²) < 4.78 is 0. The van der Waals surface area contributed by atoms with Gasteiger partial charge < -0.3 is 14.7 Å². The summed E-state index contributed by atoms with van der Waals surface area (Å²) >= 11 is 1.61. The Labute approximate surface area is 172 Å². The number of aromatic nitrogens is 2. The number of hydrogen-bond acceptors (Lipinski definition) is 6. The molecule has 0 atom stereocenters. The van der Waals surface area contributed by atoms with Gasteiger partial charge in [0.1, 0.15) is 17.0 Å². The van der Waals surface area contributed by atoms with Crippen molar-refractivity contribution in [1.29, 1.82) is 0 Å². The van der Waals surface area contributed by atoms with Gasteiger partial charge in [0.2, 0.25) is 5.91 Å². The standard InChI is InChI=1S/C21H21N5O2S/c1-14(27)26-6-4-15-12-16(2-3-18(15)26)21(28)25-9-7-24(8-10-25)19-17-5-11-29-20(17)23-13-22-19/h2-3,5,11-13H,4,6-10H2,1H3. The van der Waals surface area contributed by atoms with Crippen LogP contribution in [0.4, 0.5) is 11.5 Å². The molecule has 1 aromatic carbocycles. The molecule has 2 aromatic heterocycles. The zero-order valence-electron chi connectivity index (χ0n) is 16.2. The second kappa shape index (κ2) is 7.11. The number of anilines is 2. The summed E-state index contributed by atoms with van der Waals surface area (Å²) in [7, 11) is 0. The van der Waals surface area contributed by atoms with Crippen LogP contribution in [-0.4, -0.2) is 59.4 Å². The van der Waals surface area contributed by atoms with Crippen molar-refractivity contribution >= 4 is 44.9 Å². The number of fused-ring (bicyclic) bond motifs is 2. The number of rotatable bonds is 2. The Morgan fingerprint density at radius 1 is 1.03 bits per heavy atom. The molecule has 0 saturated carbocycles. The van der Waals surface area contributed by atoms with Crippen molar-refractivity contribution in [2.24, 2.45) is 0 Å². The Kier molecular flexibility index (Phi) is 4.43.